The lowest BCUT2D eigenvalue weighted by Gasteiger charge is -2.31. The third-order valence-corrected chi connectivity index (χ3v) is 10.9. The fourth-order valence-corrected chi connectivity index (χ4v) is 7.21. The van der Waals surface area contributed by atoms with Crippen LogP contribution in [0.1, 0.15) is 226 Å². The van der Waals surface area contributed by atoms with Gasteiger partial charge in [-0.1, -0.05) is 180 Å². The highest BCUT2D eigenvalue weighted by atomic mass is 16.6. The molecule has 1 N–H and O–H groups in total. The molecule has 56 heavy (non-hydrogen) atoms. The Morgan fingerprint density at radius 1 is 0.518 bits per heavy atom. The van der Waals surface area contributed by atoms with Crippen molar-refractivity contribution in [2.45, 2.75) is 238 Å². The molecular formula is C48H92NO7+. The third-order valence-electron chi connectivity index (χ3n) is 10.9. The predicted octanol–water partition coefficient (Wildman–Crippen LogP) is 13.1. The number of quaternary nitrogens is 1. The summed E-state index contributed by atoms with van der Waals surface area (Å²) in [7, 11) is 5.53. The van der Waals surface area contributed by atoms with Crippen molar-refractivity contribution in [2.75, 3.05) is 41.0 Å². The Kier molecular flexibility index (Phi) is 38.5. The standard InChI is InChI=1S/C48H91NO7/c1-6-8-10-12-14-16-18-19-20-21-22-23-24-25-26-27-29-30-32-34-36-38-46(50)55-43-44(42-54-41-40-45(48(52)53)49(3,4)5)56-47(51)39-37-35-33-31-28-17-15-13-11-9-7-2/h23-24,44-45H,6-22,25-43H2,1-5H3/p+1/b24-23+. The summed E-state index contributed by atoms with van der Waals surface area (Å²) in [6, 6.07) is -0.610. The molecule has 0 fully saturated rings. The van der Waals surface area contributed by atoms with Crippen LogP contribution in [0.25, 0.3) is 0 Å². The molecule has 0 aliphatic carbocycles. The summed E-state index contributed by atoms with van der Waals surface area (Å²) in [6.07, 6.45) is 42.6. The minimum Gasteiger partial charge on any atom is -0.477 e. The van der Waals surface area contributed by atoms with Crippen LogP contribution in [-0.4, -0.2) is 80.6 Å². The maximum absolute atomic E-state index is 12.7. The van der Waals surface area contributed by atoms with Gasteiger partial charge in [0, 0.05) is 19.3 Å². The van der Waals surface area contributed by atoms with Gasteiger partial charge in [0.2, 0.25) is 0 Å². The van der Waals surface area contributed by atoms with Crippen LogP contribution in [0.5, 0.6) is 0 Å². The first-order chi connectivity index (χ1) is 27.1. The van der Waals surface area contributed by atoms with Gasteiger partial charge in [-0.25, -0.2) is 4.79 Å². The average Bonchev–Trinajstić information content (AvgIpc) is 3.15. The molecule has 0 aliphatic heterocycles. The van der Waals surface area contributed by atoms with Crippen LogP contribution in [-0.2, 0) is 28.6 Å². The zero-order valence-corrected chi connectivity index (χ0v) is 37.6. The number of esters is 2. The number of allylic oxidation sites excluding steroid dienone is 2. The van der Waals surface area contributed by atoms with E-state index in [1.807, 2.05) is 21.1 Å². The number of likely N-dealkylation sites (N-methyl/N-ethyl adjacent to an activating group) is 1. The number of carbonyl (C=O) groups excluding carboxylic acids is 2. The second-order valence-electron chi connectivity index (χ2n) is 17.4. The Bertz CT molecular complexity index is 931. The molecule has 2 atom stereocenters. The second kappa shape index (κ2) is 39.9. The Hall–Kier alpha value is -1.93. The minimum absolute atomic E-state index is 0.0474. The fourth-order valence-electron chi connectivity index (χ4n) is 7.21. The van der Waals surface area contributed by atoms with Crippen LogP contribution >= 0.6 is 0 Å². The van der Waals surface area contributed by atoms with Crippen LogP contribution in [0.2, 0.25) is 0 Å². The van der Waals surface area contributed by atoms with Gasteiger partial charge in [0.15, 0.2) is 12.1 Å². The van der Waals surface area contributed by atoms with Gasteiger partial charge in [-0.2, -0.15) is 0 Å². The van der Waals surface area contributed by atoms with E-state index in [9.17, 15) is 19.5 Å². The summed E-state index contributed by atoms with van der Waals surface area (Å²) in [6.45, 7) is 4.75. The van der Waals surface area contributed by atoms with Crippen LogP contribution < -0.4 is 0 Å². The predicted molar refractivity (Wildman–Crippen MR) is 234 cm³/mol. The van der Waals surface area contributed by atoms with Gasteiger partial charge in [-0.15, -0.1) is 0 Å². The number of hydrogen-bond donors (Lipinski definition) is 1. The molecule has 0 aromatic rings. The zero-order valence-electron chi connectivity index (χ0n) is 37.6. The van der Waals surface area contributed by atoms with Crippen molar-refractivity contribution < 1.29 is 38.2 Å². The van der Waals surface area contributed by atoms with Crippen molar-refractivity contribution in [2.24, 2.45) is 0 Å². The number of hydrogen-bond acceptors (Lipinski definition) is 6. The molecule has 0 heterocycles. The number of nitrogens with zero attached hydrogens (tertiary/aromatic N) is 1. The number of aliphatic carboxylic acids is 1. The van der Waals surface area contributed by atoms with Crippen molar-refractivity contribution in [3.05, 3.63) is 12.2 Å². The molecule has 0 saturated carbocycles. The summed E-state index contributed by atoms with van der Waals surface area (Å²) in [5.41, 5.74) is 0. The molecule has 0 saturated heterocycles. The molecule has 0 radical (unpaired) electrons. The Morgan fingerprint density at radius 3 is 1.29 bits per heavy atom. The maximum Gasteiger partial charge on any atom is 0.362 e. The molecule has 0 amide bonds. The molecule has 2 unspecified atom stereocenters. The topological polar surface area (TPSA) is 99.1 Å². The van der Waals surface area contributed by atoms with E-state index in [4.69, 9.17) is 14.2 Å². The lowest BCUT2D eigenvalue weighted by molar-refractivity contribution is -0.887. The van der Waals surface area contributed by atoms with E-state index in [0.717, 1.165) is 38.5 Å². The van der Waals surface area contributed by atoms with E-state index in [1.165, 1.54) is 154 Å². The number of carboxylic acids is 1. The van der Waals surface area contributed by atoms with Crippen molar-refractivity contribution in [1.82, 2.24) is 0 Å². The number of ether oxygens (including phenoxy) is 3. The highest BCUT2D eigenvalue weighted by Crippen LogP contribution is 2.15. The monoisotopic (exact) mass is 795 g/mol. The SMILES string of the molecule is CCCCCCCCCCCC/C=C/CCCCCCCCCC(=O)OCC(COCCC(C(=O)O)[N+](C)(C)C)OC(=O)CCCCCCCCCCCCC. The summed E-state index contributed by atoms with van der Waals surface area (Å²) < 4.78 is 17.3. The quantitative estimate of drug-likeness (QED) is 0.0284. The average molecular weight is 795 g/mol. The van der Waals surface area contributed by atoms with Crippen molar-refractivity contribution in [3.63, 3.8) is 0 Å². The Labute approximate surface area is 346 Å². The summed E-state index contributed by atoms with van der Waals surface area (Å²) in [4.78, 5) is 37.0. The molecule has 0 aromatic carbocycles. The number of carboxylic acid groups (broad SMARTS) is 1. The molecule has 330 valence electrons. The first-order valence-electron chi connectivity index (χ1n) is 23.7. The third kappa shape index (κ3) is 37.6. The molecule has 8 heteroatoms. The molecular weight excluding hydrogens is 703 g/mol. The van der Waals surface area contributed by atoms with Gasteiger partial charge < -0.3 is 23.8 Å². The molecule has 0 bridgehead atoms. The van der Waals surface area contributed by atoms with Gasteiger partial charge in [0.25, 0.3) is 0 Å². The van der Waals surface area contributed by atoms with Crippen molar-refractivity contribution in [3.8, 4) is 0 Å². The number of rotatable bonds is 43. The van der Waals surface area contributed by atoms with E-state index in [1.54, 1.807) is 0 Å². The largest absolute Gasteiger partial charge is 0.477 e. The number of unbranched alkanes of at least 4 members (excludes halogenated alkanes) is 27. The normalized spacial score (nSPS) is 12.9. The zero-order chi connectivity index (χ0) is 41.4. The van der Waals surface area contributed by atoms with Crippen molar-refractivity contribution in [1.29, 1.82) is 0 Å². The van der Waals surface area contributed by atoms with Gasteiger partial charge in [0.1, 0.15) is 6.61 Å². The lowest BCUT2D eigenvalue weighted by Crippen LogP contribution is -2.50. The van der Waals surface area contributed by atoms with Gasteiger partial charge >= 0.3 is 17.9 Å². The Morgan fingerprint density at radius 2 is 0.893 bits per heavy atom. The summed E-state index contributed by atoms with van der Waals surface area (Å²) in [5, 5.41) is 9.62. The van der Waals surface area contributed by atoms with Crippen LogP contribution in [0, 0.1) is 0 Å². The molecule has 8 nitrogen and oxygen atoms in total. The Balaban J connectivity index is 4.19. The van der Waals surface area contributed by atoms with Gasteiger partial charge in [-0.05, 0) is 38.5 Å². The first kappa shape index (κ1) is 54.1. The van der Waals surface area contributed by atoms with E-state index < -0.39 is 18.1 Å². The van der Waals surface area contributed by atoms with Crippen LogP contribution in [0.15, 0.2) is 12.2 Å². The second-order valence-corrected chi connectivity index (χ2v) is 17.4. The molecule has 0 aromatic heterocycles. The van der Waals surface area contributed by atoms with Crippen LogP contribution in [0.3, 0.4) is 0 Å². The fraction of sp³-hybridized carbons (Fsp3) is 0.896. The summed E-state index contributed by atoms with van der Waals surface area (Å²) >= 11 is 0. The molecule has 0 aliphatic rings. The molecule has 0 spiro atoms. The van der Waals surface area contributed by atoms with E-state index >= 15 is 0 Å². The van der Waals surface area contributed by atoms with Crippen LogP contribution in [0.4, 0.5) is 0 Å². The molecule has 0 rings (SSSR count). The highest BCUT2D eigenvalue weighted by Gasteiger charge is 2.31. The smallest absolute Gasteiger partial charge is 0.362 e. The lowest BCUT2D eigenvalue weighted by atomic mass is 10.1. The number of carbonyl (C=O) groups is 3. The van der Waals surface area contributed by atoms with Gasteiger partial charge in [0.05, 0.1) is 34.4 Å². The van der Waals surface area contributed by atoms with Crippen molar-refractivity contribution >= 4 is 17.9 Å². The van der Waals surface area contributed by atoms with E-state index in [2.05, 4.69) is 26.0 Å². The minimum atomic E-state index is -0.873. The maximum atomic E-state index is 12.7. The van der Waals surface area contributed by atoms with E-state index in [-0.39, 0.29) is 36.2 Å². The highest BCUT2D eigenvalue weighted by molar-refractivity contribution is 5.72. The van der Waals surface area contributed by atoms with E-state index in [0.29, 0.717) is 19.3 Å². The van der Waals surface area contributed by atoms with Gasteiger partial charge in [-0.3, -0.25) is 9.59 Å². The summed E-state index contributed by atoms with van der Waals surface area (Å²) in [5.74, 6) is -1.46. The first-order valence-corrected chi connectivity index (χ1v) is 23.7.